The zero-order chi connectivity index (χ0) is 23.8. The summed E-state index contributed by atoms with van der Waals surface area (Å²) in [6.45, 7) is 3.69. The second kappa shape index (κ2) is 11.3. The Labute approximate surface area is 200 Å². The molecule has 0 heterocycles. The number of carbonyl (C=O) groups excluding carboxylic acids is 2. The van der Waals surface area contributed by atoms with Crippen LogP contribution >= 0.6 is 15.9 Å². The van der Waals surface area contributed by atoms with Crippen LogP contribution in [0, 0.1) is 13.8 Å². The molecule has 0 atom stereocenters. The molecule has 0 saturated heterocycles. The zero-order valence-electron chi connectivity index (χ0n) is 18.4. The first-order valence-electron chi connectivity index (χ1n) is 10.0. The molecule has 3 rings (SSSR count). The van der Waals surface area contributed by atoms with Gasteiger partial charge in [0.1, 0.15) is 5.75 Å². The van der Waals surface area contributed by atoms with Crippen molar-refractivity contribution in [3.63, 3.8) is 0 Å². The lowest BCUT2D eigenvalue weighted by Gasteiger charge is -2.11. The summed E-state index contributed by atoms with van der Waals surface area (Å²) in [6, 6.07) is 17.6. The summed E-state index contributed by atoms with van der Waals surface area (Å²) in [4.78, 5) is 24.4. The van der Waals surface area contributed by atoms with Crippen molar-refractivity contribution in [2.75, 3.05) is 13.7 Å². The molecular weight excluding hydrogens is 488 g/mol. The average Bonchev–Trinajstić information content (AvgIpc) is 2.80. The molecule has 7 nitrogen and oxygen atoms in total. The Bertz CT molecular complexity index is 1160. The van der Waals surface area contributed by atoms with Crippen LogP contribution in [-0.4, -0.2) is 31.8 Å². The molecule has 0 aromatic heterocycles. The van der Waals surface area contributed by atoms with Crippen LogP contribution in [-0.2, 0) is 4.79 Å². The van der Waals surface area contributed by atoms with Crippen LogP contribution < -0.4 is 19.6 Å². The van der Waals surface area contributed by atoms with Crippen molar-refractivity contribution in [1.29, 1.82) is 0 Å². The normalized spacial score (nSPS) is 10.7. The first kappa shape index (κ1) is 24.0. The summed E-state index contributed by atoms with van der Waals surface area (Å²) in [5.41, 5.74) is 5.40. The number of halogens is 1. The summed E-state index contributed by atoms with van der Waals surface area (Å²) in [5.74, 6) is 0.427. The number of amides is 1. The highest BCUT2D eigenvalue weighted by Crippen LogP contribution is 2.28. The fraction of sp³-hybridized carbons (Fsp3) is 0.160. The second-order valence-electron chi connectivity index (χ2n) is 7.11. The molecule has 0 radical (unpaired) electrons. The number of nitrogens with one attached hydrogen (secondary N) is 1. The number of carbonyl (C=O) groups is 2. The second-order valence-corrected chi connectivity index (χ2v) is 8.03. The van der Waals surface area contributed by atoms with Crippen LogP contribution in [0.25, 0.3) is 0 Å². The number of aryl methyl sites for hydroxylation is 2. The highest BCUT2D eigenvalue weighted by atomic mass is 79.9. The van der Waals surface area contributed by atoms with Crippen LogP contribution in [0.4, 0.5) is 0 Å². The molecule has 0 spiro atoms. The molecule has 8 heteroatoms. The monoisotopic (exact) mass is 510 g/mol. The molecule has 1 N–H and O–H groups in total. The predicted octanol–water partition coefficient (Wildman–Crippen LogP) is 4.82. The predicted molar refractivity (Wildman–Crippen MR) is 129 cm³/mol. The van der Waals surface area contributed by atoms with E-state index < -0.39 is 5.97 Å². The summed E-state index contributed by atoms with van der Waals surface area (Å²) in [5, 5.41) is 3.95. The van der Waals surface area contributed by atoms with Gasteiger partial charge in [0, 0.05) is 4.47 Å². The minimum Gasteiger partial charge on any atom is -0.493 e. The van der Waals surface area contributed by atoms with E-state index in [1.807, 2.05) is 32.0 Å². The third-order valence-corrected chi connectivity index (χ3v) is 5.16. The molecule has 0 saturated carbocycles. The SMILES string of the molecule is COc1cc(C=NNC(=O)COc2c(C)cccc2C)ccc1OC(=O)c1ccc(Br)cc1. The van der Waals surface area contributed by atoms with Crippen molar-refractivity contribution in [3.05, 3.63) is 87.4 Å². The highest BCUT2D eigenvalue weighted by molar-refractivity contribution is 9.10. The van der Waals surface area contributed by atoms with Crippen molar-refractivity contribution in [2.24, 2.45) is 5.10 Å². The van der Waals surface area contributed by atoms with Crippen LogP contribution in [0.5, 0.6) is 17.2 Å². The molecule has 3 aromatic rings. The van der Waals surface area contributed by atoms with Gasteiger partial charge in [0.15, 0.2) is 18.1 Å². The maximum atomic E-state index is 12.4. The van der Waals surface area contributed by atoms with Gasteiger partial charge in [-0.25, -0.2) is 10.2 Å². The first-order chi connectivity index (χ1) is 15.9. The van der Waals surface area contributed by atoms with Crippen molar-refractivity contribution in [2.45, 2.75) is 13.8 Å². The fourth-order valence-corrected chi connectivity index (χ4v) is 3.23. The number of hydrogen-bond donors (Lipinski definition) is 1. The molecule has 0 aliphatic heterocycles. The van der Waals surface area contributed by atoms with Gasteiger partial charge >= 0.3 is 5.97 Å². The quantitative estimate of drug-likeness (QED) is 0.203. The number of rotatable bonds is 8. The van der Waals surface area contributed by atoms with Gasteiger partial charge in [-0.2, -0.15) is 5.10 Å². The van der Waals surface area contributed by atoms with E-state index in [-0.39, 0.29) is 18.3 Å². The van der Waals surface area contributed by atoms with Gasteiger partial charge in [-0.1, -0.05) is 34.1 Å². The summed E-state index contributed by atoms with van der Waals surface area (Å²) >= 11 is 3.33. The Balaban J connectivity index is 1.58. The van der Waals surface area contributed by atoms with E-state index >= 15 is 0 Å². The number of benzene rings is 3. The van der Waals surface area contributed by atoms with Crippen LogP contribution in [0.15, 0.2) is 70.2 Å². The molecule has 1 amide bonds. The molecular formula is C25H23BrN2O5. The molecule has 170 valence electrons. The minimum absolute atomic E-state index is 0.155. The van der Waals surface area contributed by atoms with E-state index in [4.69, 9.17) is 14.2 Å². The molecule has 0 aliphatic carbocycles. The lowest BCUT2D eigenvalue weighted by atomic mass is 10.1. The molecule has 0 bridgehead atoms. The number of methoxy groups -OCH3 is 1. The van der Waals surface area contributed by atoms with Crippen molar-refractivity contribution < 1.29 is 23.8 Å². The third-order valence-electron chi connectivity index (χ3n) is 4.63. The van der Waals surface area contributed by atoms with Crippen molar-refractivity contribution >= 4 is 34.0 Å². The Hall–Kier alpha value is -3.65. The van der Waals surface area contributed by atoms with Gasteiger partial charge in [0.25, 0.3) is 5.91 Å². The summed E-state index contributed by atoms with van der Waals surface area (Å²) in [6.07, 6.45) is 1.46. The number of para-hydroxylation sites is 1. The maximum Gasteiger partial charge on any atom is 0.343 e. The molecule has 0 unspecified atom stereocenters. The van der Waals surface area contributed by atoms with E-state index in [1.165, 1.54) is 13.3 Å². The maximum absolute atomic E-state index is 12.4. The lowest BCUT2D eigenvalue weighted by molar-refractivity contribution is -0.123. The molecule has 33 heavy (non-hydrogen) atoms. The summed E-state index contributed by atoms with van der Waals surface area (Å²) < 4.78 is 17.2. The molecule has 0 fully saturated rings. The number of ether oxygens (including phenoxy) is 3. The van der Waals surface area contributed by atoms with E-state index in [9.17, 15) is 9.59 Å². The van der Waals surface area contributed by atoms with E-state index in [2.05, 4.69) is 26.5 Å². The number of esters is 1. The Morgan fingerprint density at radius 2 is 1.70 bits per heavy atom. The Kier molecular flexibility index (Phi) is 8.21. The highest BCUT2D eigenvalue weighted by Gasteiger charge is 2.13. The van der Waals surface area contributed by atoms with Gasteiger partial charge in [0.2, 0.25) is 0 Å². The summed E-state index contributed by atoms with van der Waals surface area (Å²) in [7, 11) is 1.47. The van der Waals surface area contributed by atoms with Gasteiger partial charge in [-0.3, -0.25) is 4.79 Å². The molecule has 0 aliphatic rings. The topological polar surface area (TPSA) is 86.2 Å². The third kappa shape index (κ3) is 6.66. The number of hydrogen-bond acceptors (Lipinski definition) is 6. The Morgan fingerprint density at radius 3 is 2.36 bits per heavy atom. The van der Waals surface area contributed by atoms with Crippen LogP contribution in [0.2, 0.25) is 0 Å². The van der Waals surface area contributed by atoms with Gasteiger partial charge < -0.3 is 14.2 Å². The smallest absolute Gasteiger partial charge is 0.343 e. The van der Waals surface area contributed by atoms with E-state index in [1.54, 1.807) is 42.5 Å². The number of hydrazone groups is 1. The van der Waals surface area contributed by atoms with Gasteiger partial charge in [0.05, 0.1) is 18.9 Å². The Morgan fingerprint density at radius 1 is 1.00 bits per heavy atom. The van der Waals surface area contributed by atoms with Gasteiger partial charge in [-0.15, -0.1) is 0 Å². The average molecular weight is 511 g/mol. The zero-order valence-corrected chi connectivity index (χ0v) is 20.0. The van der Waals surface area contributed by atoms with Crippen molar-refractivity contribution in [3.8, 4) is 17.2 Å². The van der Waals surface area contributed by atoms with Gasteiger partial charge in [-0.05, 0) is 73.0 Å². The first-order valence-corrected chi connectivity index (χ1v) is 10.8. The molecule has 3 aromatic carbocycles. The lowest BCUT2D eigenvalue weighted by Crippen LogP contribution is -2.25. The largest absolute Gasteiger partial charge is 0.493 e. The fourth-order valence-electron chi connectivity index (χ4n) is 2.97. The number of nitrogens with zero attached hydrogens (tertiary/aromatic N) is 1. The van der Waals surface area contributed by atoms with E-state index in [0.717, 1.165) is 15.6 Å². The van der Waals surface area contributed by atoms with E-state index in [0.29, 0.717) is 22.6 Å². The van der Waals surface area contributed by atoms with Crippen LogP contribution in [0.1, 0.15) is 27.0 Å². The van der Waals surface area contributed by atoms with Crippen molar-refractivity contribution in [1.82, 2.24) is 5.43 Å². The minimum atomic E-state index is -0.502. The van der Waals surface area contributed by atoms with Crippen LogP contribution in [0.3, 0.4) is 0 Å². The standard InChI is InChI=1S/C25H23BrN2O5/c1-16-5-4-6-17(2)24(16)32-15-23(29)28-27-14-18-7-12-21(22(13-18)31-3)33-25(30)19-8-10-20(26)11-9-19/h4-14H,15H2,1-3H3,(H,28,29).